The van der Waals surface area contributed by atoms with Crippen molar-refractivity contribution in [1.82, 2.24) is 0 Å². The fraction of sp³-hybridized carbons (Fsp3) is 0.267. The summed E-state index contributed by atoms with van der Waals surface area (Å²) in [5, 5.41) is 10.9. The van der Waals surface area contributed by atoms with Crippen LogP contribution >= 0.6 is 0 Å². The van der Waals surface area contributed by atoms with Gasteiger partial charge in [-0.1, -0.05) is 30.3 Å². The van der Waals surface area contributed by atoms with Gasteiger partial charge in [-0.25, -0.2) is 4.79 Å². The number of aliphatic carboxylic acids is 1. The molecular formula is C15H16O4. The molecule has 1 atom stereocenters. The molecular weight excluding hydrogens is 244 g/mol. The molecule has 4 nitrogen and oxygen atoms in total. The van der Waals surface area contributed by atoms with Gasteiger partial charge in [-0.15, -0.1) is 0 Å². The molecule has 0 spiro atoms. The van der Waals surface area contributed by atoms with E-state index in [1.165, 1.54) is 6.92 Å². The summed E-state index contributed by atoms with van der Waals surface area (Å²) in [4.78, 5) is 10.5. The largest absolute Gasteiger partial charge is 0.491 e. The van der Waals surface area contributed by atoms with Crippen LogP contribution in [0.25, 0.3) is 10.8 Å². The maximum Gasteiger partial charge on any atom is 0.332 e. The van der Waals surface area contributed by atoms with Crippen LogP contribution in [0.5, 0.6) is 5.75 Å². The van der Waals surface area contributed by atoms with Gasteiger partial charge in [-0.3, -0.25) is 0 Å². The third-order valence-electron chi connectivity index (χ3n) is 2.79. The van der Waals surface area contributed by atoms with Gasteiger partial charge >= 0.3 is 5.97 Å². The van der Waals surface area contributed by atoms with Gasteiger partial charge in [0.1, 0.15) is 12.4 Å². The lowest BCUT2D eigenvalue weighted by Crippen LogP contribution is -2.22. The Morgan fingerprint density at radius 2 is 1.89 bits per heavy atom. The minimum Gasteiger partial charge on any atom is -0.491 e. The highest BCUT2D eigenvalue weighted by atomic mass is 16.5. The average Bonchev–Trinajstić information content (AvgIpc) is 2.43. The molecule has 0 aliphatic heterocycles. The van der Waals surface area contributed by atoms with E-state index in [4.69, 9.17) is 14.6 Å². The molecule has 100 valence electrons. The average molecular weight is 260 g/mol. The van der Waals surface area contributed by atoms with Crippen molar-refractivity contribution in [2.45, 2.75) is 13.0 Å². The first-order valence-corrected chi connectivity index (χ1v) is 6.13. The molecule has 2 rings (SSSR count). The summed E-state index contributed by atoms with van der Waals surface area (Å²) in [7, 11) is 0. The van der Waals surface area contributed by atoms with Crippen molar-refractivity contribution in [1.29, 1.82) is 0 Å². The van der Waals surface area contributed by atoms with Crippen LogP contribution in [0, 0.1) is 0 Å². The lowest BCUT2D eigenvalue weighted by molar-refractivity contribution is -0.149. The Balaban J connectivity index is 1.86. The number of rotatable bonds is 6. The van der Waals surface area contributed by atoms with Gasteiger partial charge in [0, 0.05) is 0 Å². The van der Waals surface area contributed by atoms with E-state index in [1.54, 1.807) is 0 Å². The van der Waals surface area contributed by atoms with Gasteiger partial charge in [-0.2, -0.15) is 0 Å². The monoisotopic (exact) mass is 260 g/mol. The molecule has 4 heteroatoms. The van der Waals surface area contributed by atoms with Crippen molar-refractivity contribution in [3.8, 4) is 5.75 Å². The minimum absolute atomic E-state index is 0.250. The smallest absolute Gasteiger partial charge is 0.332 e. The lowest BCUT2D eigenvalue weighted by Gasteiger charge is -2.10. The molecule has 1 N–H and O–H groups in total. The molecule has 0 saturated carbocycles. The third kappa shape index (κ3) is 3.69. The van der Waals surface area contributed by atoms with E-state index >= 15 is 0 Å². The number of hydrogen-bond acceptors (Lipinski definition) is 3. The quantitative estimate of drug-likeness (QED) is 0.811. The normalized spacial score (nSPS) is 12.3. The number of carboxylic acids is 1. The molecule has 0 radical (unpaired) electrons. The highest BCUT2D eigenvalue weighted by Crippen LogP contribution is 2.20. The van der Waals surface area contributed by atoms with Gasteiger partial charge < -0.3 is 14.6 Å². The molecule has 0 heterocycles. The predicted octanol–water partition coefficient (Wildman–Crippen LogP) is 2.71. The number of hydrogen-bond donors (Lipinski definition) is 1. The van der Waals surface area contributed by atoms with Crippen LogP contribution in [-0.4, -0.2) is 30.4 Å². The molecule has 0 aromatic heterocycles. The Bertz CT molecular complexity index is 565. The van der Waals surface area contributed by atoms with Gasteiger partial charge in [0.2, 0.25) is 0 Å². The maximum atomic E-state index is 10.5. The molecule has 2 aromatic rings. The maximum absolute atomic E-state index is 10.5. The van der Waals surface area contributed by atoms with Crippen LogP contribution < -0.4 is 4.74 Å². The predicted molar refractivity (Wildman–Crippen MR) is 72.5 cm³/mol. The van der Waals surface area contributed by atoms with Crippen LogP contribution in [0.15, 0.2) is 42.5 Å². The number of ether oxygens (including phenoxy) is 2. The molecule has 2 aromatic carbocycles. The number of benzene rings is 2. The molecule has 0 aliphatic rings. The van der Waals surface area contributed by atoms with Gasteiger partial charge in [0.05, 0.1) is 6.61 Å². The van der Waals surface area contributed by atoms with E-state index in [2.05, 4.69) is 0 Å². The molecule has 0 fully saturated rings. The van der Waals surface area contributed by atoms with Crippen molar-refractivity contribution < 1.29 is 19.4 Å². The van der Waals surface area contributed by atoms with Crippen LogP contribution in [0.2, 0.25) is 0 Å². The highest BCUT2D eigenvalue weighted by molar-refractivity contribution is 5.83. The van der Waals surface area contributed by atoms with E-state index < -0.39 is 12.1 Å². The first-order chi connectivity index (χ1) is 9.16. The Morgan fingerprint density at radius 1 is 1.16 bits per heavy atom. The second-order valence-electron chi connectivity index (χ2n) is 4.21. The Morgan fingerprint density at radius 3 is 2.63 bits per heavy atom. The first-order valence-electron chi connectivity index (χ1n) is 6.13. The Hall–Kier alpha value is -2.07. The summed E-state index contributed by atoms with van der Waals surface area (Å²) in [6.07, 6.45) is -0.805. The molecule has 1 unspecified atom stereocenters. The zero-order valence-corrected chi connectivity index (χ0v) is 10.7. The fourth-order valence-electron chi connectivity index (χ4n) is 1.71. The van der Waals surface area contributed by atoms with E-state index in [1.807, 2.05) is 42.5 Å². The van der Waals surface area contributed by atoms with Crippen molar-refractivity contribution >= 4 is 16.7 Å². The van der Waals surface area contributed by atoms with E-state index in [0.29, 0.717) is 6.61 Å². The summed E-state index contributed by atoms with van der Waals surface area (Å²) < 4.78 is 10.6. The van der Waals surface area contributed by atoms with Gasteiger partial charge in [-0.05, 0) is 29.8 Å². The van der Waals surface area contributed by atoms with Crippen LogP contribution in [0.3, 0.4) is 0 Å². The van der Waals surface area contributed by atoms with Crippen molar-refractivity contribution in [2.24, 2.45) is 0 Å². The summed E-state index contributed by atoms with van der Waals surface area (Å²) in [5.41, 5.74) is 0. The standard InChI is InChI=1S/C15H16O4/c1-11(15(16)17)18-8-9-19-14-7-6-12-4-2-3-5-13(12)10-14/h2-7,10-11H,8-9H2,1H3,(H,16,17). The zero-order valence-electron chi connectivity index (χ0n) is 10.7. The van der Waals surface area contributed by atoms with Gasteiger partial charge in [0.25, 0.3) is 0 Å². The molecule has 0 saturated heterocycles. The summed E-state index contributed by atoms with van der Waals surface area (Å²) in [6.45, 7) is 2.08. The van der Waals surface area contributed by atoms with Crippen molar-refractivity contribution in [2.75, 3.05) is 13.2 Å². The zero-order chi connectivity index (χ0) is 13.7. The number of fused-ring (bicyclic) bond motifs is 1. The number of carboxylic acid groups (broad SMARTS) is 1. The van der Waals surface area contributed by atoms with Crippen LogP contribution in [0.1, 0.15) is 6.92 Å². The van der Waals surface area contributed by atoms with E-state index in [0.717, 1.165) is 16.5 Å². The third-order valence-corrected chi connectivity index (χ3v) is 2.79. The topological polar surface area (TPSA) is 55.8 Å². The number of carbonyl (C=O) groups is 1. The fourth-order valence-corrected chi connectivity index (χ4v) is 1.71. The van der Waals surface area contributed by atoms with E-state index in [-0.39, 0.29) is 6.61 Å². The molecule has 19 heavy (non-hydrogen) atoms. The van der Waals surface area contributed by atoms with Crippen molar-refractivity contribution in [3.63, 3.8) is 0 Å². The second kappa shape index (κ2) is 6.20. The van der Waals surface area contributed by atoms with Crippen molar-refractivity contribution in [3.05, 3.63) is 42.5 Å². The summed E-state index contributed by atoms with van der Waals surface area (Å²) in [5.74, 6) is -0.212. The molecule has 0 bridgehead atoms. The Kier molecular flexibility index (Phi) is 4.36. The minimum atomic E-state index is -0.967. The second-order valence-corrected chi connectivity index (χ2v) is 4.21. The summed E-state index contributed by atoms with van der Waals surface area (Å²) >= 11 is 0. The summed E-state index contributed by atoms with van der Waals surface area (Å²) in [6, 6.07) is 13.9. The molecule has 0 aliphatic carbocycles. The van der Waals surface area contributed by atoms with Crippen LogP contribution in [0.4, 0.5) is 0 Å². The molecule has 0 amide bonds. The first kappa shape index (κ1) is 13.4. The van der Waals surface area contributed by atoms with Gasteiger partial charge in [0.15, 0.2) is 6.10 Å². The van der Waals surface area contributed by atoms with Crippen LogP contribution in [-0.2, 0) is 9.53 Å². The lowest BCUT2D eigenvalue weighted by atomic mass is 10.1. The SMILES string of the molecule is CC(OCCOc1ccc2ccccc2c1)C(=O)O. The highest BCUT2D eigenvalue weighted by Gasteiger charge is 2.10. The van der Waals surface area contributed by atoms with E-state index in [9.17, 15) is 4.79 Å². The Labute approximate surface area is 111 Å².